The molecule has 9 heteroatoms. The number of aromatic nitrogens is 1. The molecule has 1 aliphatic heterocycles. The van der Waals surface area contributed by atoms with Crippen LogP contribution in [0.15, 0.2) is 66.9 Å². The fourth-order valence-corrected chi connectivity index (χ4v) is 4.00. The third-order valence-corrected chi connectivity index (χ3v) is 5.51. The Hall–Kier alpha value is -3.23. The van der Waals surface area contributed by atoms with Crippen molar-refractivity contribution in [3.63, 3.8) is 0 Å². The molecule has 1 atom stereocenters. The standard InChI is InChI=1S/C23H18F6N2O/c24-22(25,26)17-9-7-15(8-10-17)20-19-6-2-11-30(19)12-3-13-31(20)21(32)16-4-1-5-18(14-16)23(27,28)29/h1-2,4-11,14,20H,3,12-13H2. The minimum absolute atomic E-state index is 0.128. The largest absolute Gasteiger partial charge is 0.416 e. The van der Waals surface area contributed by atoms with Crippen molar-refractivity contribution >= 4 is 5.91 Å². The smallest absolute Gasteiger partial charge is 0.349 e. The Morgan fingerprint density at radius 1 is 0.812 bits per heavy atom. The Balaban J connectivity index is 1.77. The molecule has 0 spiro atoms. The van der Waals surface area contributed by atoms with E-state index in [0.717, 1.165) is 24.3 Å². The second kappa shape index (κ2) is 8.03. The number of carbonyl (C=O) groups excluding carboxylic acids is 1. The van der Waals surface area contributed by atoms with Crippen LogP contribution in [0.5, 0.6) is 0 Å². The van der Waals surface area contributed by atoms with E-state index in [9.17, 15) is 31.1 Å². The van der Waals surface area contributed by atoms with Gasteiger partial charge in [-0.15, -0.1) is 0 Å². The predicted molar refractivity (Wildman–Crippen MR) is 105 cm³/mol. The van der Waals surface area contributed by atoms with Crippen molar-refractivity contribution in [3.05, 3.63) is 94.8 Å². The number of nitrogens with zero attached hydrogens (tertiary/aromatic N) is 2. The van der Waals surface area contributed by atoms with Gasteiger partial charge >= 0.3 is 12.4 Å². The van der Waals surface area contributed by atoms with E-state index in [1.165, 1.54) is 29.2 Å². The quantitative estimate of drug-likeness (QED) is 0.428. The molecular formula is C23H18F6N2O. The summed E-state index contributed by atoms with van der Waals surface area (Å²) < 4.78 is 80.4. The summed E-state index contributed by atoms with van der Waals surface area (Å²) in [7, 11) is 0. The maximum absolute atomic E-state index is 13.3. The lowest BCUT2D eigenvalue weighted by Gasteiger charge is -2.31. The van der Waals surface area contributed by atoms with Crippen molar-refractivity contribution in [1.82, 2.24) is 9.47 Å². The molecule has 1 aromatic heterocycles. The molecule has 0 N–H and O–H groups in total. The number of amides is 1. The lowest BCUT2D eigenvalue weighted by Crippen LogP contribution is -2.36. The van der Waals surface area contributed by atoms with Crippen molar-refractivity contribution in [2.45, 2.75) is 31.4 Å². The van der Waals surface area contributed by atoms with Crippen molar-refractivity contribution in [3.8, 4) is 0 Å². The van der Waals surface area contributed by atoms with E-state index in [0.29, 0.717) is 24.2 Å². The molecule has 0 saturated carbocycles. The molecule has 2 aromatic carbocycles. The number of benzene rings is 2. The Labute approximate surface area is 179 Å². The molecule has 3 aromatic rings. The number of fused-ring (bicyclic) bond motifs is 1. The van der Waals surface area contributed by atoms with Crippen LogP contribution in [0.2, 0.25) is 0 Å². The van der Waals surface area contributed by atoms with Gasteiger partial charge in [0.25, 0.3) is 5.91 Å². The number of hydrogen-bond acceptors (Lipinski definition) is 1. The van der Waals surface area contributed by atoms with Crippen LogP contribution in [0, 0.1) is 0 Å². The van der Waals surface area contributed by atoms with Gasteiger partial charge in [-0.25, -0.2) is 0 Å². The van der Waals surface area contributed by atoms with Gasteiger partial charge in [-0.2, -0.15) is 26.3 Å². The van der Waals surface area contributed by atoms with Crippen molar-refractivity contribution in [2.75, 3.05) is 6.54 Å². The molecule has 1 amide bonds. The first-order chi connectivity index (χ1) is 15.1. The number of halogens is 6. The van der Waals surface area contributed by atoms with Crippen LogP contribution in [0.25, 0.3) is 0 Å². The first-order valence-electron chi connectivity index (χ1n) is 9.86. The van der Waals surface area contributed by atoms with Crippen LogP contribution >= 0.6 is 0 Å². The number of hydrogen-bond donors (Lipinski definition) is 0. The van der Waals surface area contributed by atoms with Gasteiger partial charge in [0, 0.05) is 30.5 Å². The van der Waals surface area contributed by atoms with E-state index in [4.69, 9.17) is 0 Å². The first-order valence-corrected chi connectivity index (χ1v) is 9.86. The summed E-state index contributed by atoms with van der Waals surface area (Å²) in [6, 6.07) is 11.5. The zero-order valence-corrected chi connectivity index (χ0v) is 16.6. The third kappa shape index (κ3) is 4.24. The molecule has 0 radical (unpaired) electrons. The number of carbonyl (C=O) groups is 1. The minimum atomic E-state index is -4.60. The van der Waals surface area contributed by atoms with E-state index in [1.54, 1.807) is 12.1 Å². The second-order valence-electron chi connectivity index (χ2n) is 7.58. The van der Waals surface area contributed by atoms with Crippen molar-refractivity contribution in [2.24, 2.45) is 0 Å². The highest BCUT2D eigenvalue weighted by atomic mass is 19.4. The average Bonchev–Trinajstić information content (AvgIpc) is 3.12. The van der Waals surface area contributed by atoms with Gasteiger partial charge < -0.3 is 9.47 Å². The Morgan fingerprint density at radius 2 is 1.50 bits per heavy atom. The molecule has 2 heterocycles. The molecule has 3 nitrogen and oxygen atoms in total. The molecule has 0 aliphatic carbocycles. The molecule has 168 valence electrons. The lowest BCUT2D eigenvalue weighted by atomic mass is 9.99. The molecular weight excluding hydrogens is 434 g/mol. The maximum Gasteiger partial charge on any atom is 0.416 e. The van der Waals surface area contributed by atoms with Crippen LogP contribution in [0.3, 0.4) is 0 Å². The van der Waals surface area contributed by atoms with E-state index < -0.39 is 35.4 Å². The van der Waals surface area contributed by atoms with Crippen molar-refractivity contribution < 1.29 is 31.1 Å². The third-order valence-electron chi connectivity index (χ3n) is 5.51. The van der Waals surface area contributed by atoms with Crippen LogP contribution in [0.4, 0.5) is 26.3 Å². The summed E-state index contributed by atoms with van der Waals surface area (Å²) in [6.45, 7) is 0.814. The monoisotopic (exact) mass is 452 g/mol. The molecule has 0 saturated heterocycles. The molecule has 1 aliphatic rings. The topological polar surface area (TPSA) is 25.2 Å². The SMILES string of the molecule is O=C(c1cccc(C(F)(F)F)c1)N1CCCn2cccc2C1c1ccc(C(F)(F)F)cc1. The van der Waals surface area contributed by atoms with Gasteiger partial charge in [-0.3, -0.25) is 4.79 Å². The van der Waals surface area contributed by atoms with Crippen LogP contribution in [-0.4, -0.2) is 21.9 Å². The number of alkyl halides is 6. The normalized spacial score (nSPS) is 17.1. The van der Waals surface area contributed by atoms with Crippen LogP contribution in [0.1, 0.15) is 45.2 Å². The fourth-order valence-electron chi connectivity index (χ4n) is 4.00. The van der Waals surface area contributed by atoms with Gasteiger partial charge in [0.15, 0.2) is 0 Å². The molecule has 32 heavy (non-hydrogen) atoms. The number of rotatable bonds is 2. The number of aryl methyl sites for hydroxylation is 1. The Morgan fingerprint density at radius 3 is 2.16 bits per heavy atom. The highest BCUT2D eigenvalue weighted by Gasteiger charge is 2.35. The second-order valence-corrected chi connectivity index (χ2v) is 7.58. The molecule has 0 bridgehead atoms. The van der Waals surface area contributed by atoms with E-state index >= 15 is 0 Å². The minimum Gasteiger partial charge on any atom is -0.349 e. The van der Waals surface area contributed by atoms with Gasteiger partial charge in [0.1, 0.15) is 0 Å². The zero-order valence-electron chi connectivity index (χ0n) is 16.6. The zero-order chi connectivity index (χ0) is 23.1. The molecule has 4 rings (SSSR count). The van der Waals surface area contributed by atoms with E-state index in [1.807, 2.05) is 10.8 Å². The fraction of sp³-hybridized carbons (Fsp3) is 0.261. The molecule has 0 fully saturated rings. The maximum atomic E-state index is 13.3. The van der Waals surface area contributed by atoms with Crippen LogP contribution < -0.4 is 0 Å². The summed E-state index contributed by atoms with van der Waals surface area (Å²) in [5.41, 5.74) is -0.756. The summed E-state index contributed by atoms with van der Waals surface area (Å²) in [6.07, 6.45) is -6.75. The summed E-state index contributed by atoms with van der Waals surface area (Å²) >= 11 is 0. The summed E-state index contributed by atoms with van der Waals surface area (Å²) in [5, 5.41) is 0. The Kier molecular flexibility index (Phi) is 5.52. The highest BCUT2D eigenvalue weighted by Crippen LogP contribution is 2.36. The van der Waals surface area contributed by atoms with Gasteiger partial charge in [-0.05, 0) is 54.4 Å². The summed E-state index contributed by atoms with van der Waals surface area (Å²) in [5.74, 6) is -0.615. The van der Waals surface area contributed by atoms with Gasteiger partial charge in [0.05, 0.1) is 17.2 Å². The average molecular weight is 452 g/mol. The predicted octanol–water partition coefficient (Wildman–Crippen LogP) is 6.16. The van der Waals surface area contributed by atoms with Crippen molar-refractivity contribution in [1.29, 1.82) is 0 Å². The Bertz CT molecular complexity index is 1110. The first kappa shape index (κ1) is 22.0. The summed E-state index contributed by atoms with van der Waals surface area (Å²) in [4.78, 5) is 14.8. The van der Waals surface area contributed by atoms with Gasteiger partial charge in [-0.1, -0.05) is 18.2 Å². The lowest BCUT2D eigenvalue weighted by molar-refractivity contribution is -0.138. The highest BCUT2D eigenvalue weighted by molar-refractivity contribution is 5.95. The van der Waals surface area contributed by atoms with E-state index in [2.05, 4.69) is 0 Å². The van der Waals surface area contributed by atoms with Gasteiger partial charge in [0.2, 0.25) is 0 Å². The van der Waals surface area contributed by atoms with E-state index in [-0.39, 0.29) is 12.1 Å². The molecule has 1 unspecified atom stereocenters. The van der Waals surface area contributed by atoms with Crippen LogP contribution in [-0.2, 0) is 18.9 Å².